The number of likely N-dealkylation sites (tertiary alicyclic amines) is 1. The molecule has 3 heteroatoms. The smallest absolute Gasteiger partial charge is 0.223 e. The monoisotopic (exact) mass is 376 g/mol. The summed E-state index contributed by atoms with van der Waals surface area (Å²) in [7, 11) is 0. The van der Waals surface area contributed by atoms with Crippen molar-refractivity contribution in [3.05, 3.63) is 71.3 Å². The molecular formula is C25H32N2O. The van der Waals surface area contributed by atoms with Crippen molar-refractivity contribution >= 4 is 5.91 Å². The average Bonchev–Trinajstić information content (AvgIpc) is 3.43. The zero-order valence-electron chi connectivity index (χ0n) is 17.0. The SMILES string of the molecule is Cc1ccccc1CN1CCC2(CC1)CC2C(=O)NCCCc1ccccc1. The molecule has 0 aromatic heterocycles. The summed E-state index contributed by atoms with van der Waals surface area (Å²) in [5.74, 6) is 0.547. The highest BCUT2D eigenvalue weighted by molar-refractivity contribution is 5.82. The molecule has 1 unspecified atom stereocenters. The maximum atomic E-state index is 12.6. The normalized spacial score (nSPS) is 20.8. The van der Waals surface area contributed by atoms with Crippen molar-refractivity contribution in [2.45, 2.75) is 45.6 Å². The fraction of sp³-hybridized carbons (Fsp3) is 0.480. The highest BCUT2D eigenvalue weighted by Crippen LogP contribution is 2.59. The minimum Gasteiger partial charge on any atom is -0.356 e. The van der Waals surface area contributed by atoms with Crippen molar-refractivity contribution in [1.29, 1.82) is 0 Å². The van der Waals surface area contributed by atoms with Crippen molar-refractivity contribution in [2.75, 3.05) is 19.6 Å². The molecule has 1 aliphatic carbocycles. The van der Waals surface area contributed by atoms with Gasteiger partial charge in [-0.15, -0.1) is 0 Å². The number of nitrogens with zero attached hydrogens (tertiary/aromatic N) is 1. The fourth-order valence-electron chi connectivity index (χ4n) is 4.73. The molecule has 1 saturated carbocycles. The predicted molar refractivity (Wildman–Crippen MR) is 114 cm³/mol. The second-order valence-electron chi connectivity index (χ2n) is 8.70. The number of carbonyl (C=O) groups is 1. The second kappa shape index (κ2) is 8.48. The Morgan fingerprint density at radius 2 is 1.79 bits per heavy atom. The number of rotatable bonds is 7. The molecule has 0 bridgehead atoms. The van der Waals surface area contributed by atoms with Crippen LogP contribution in [0.15, 0.2) is 54.6 Å². The zero-order chi connectivity index (χ0) is 19.4. The van der Waals surface area contributed by atoms with Crippen LogP contribution in [-0.4, -0.2) is 30.4 Å². The van der Waals surface area contributed by atoms with Crippen LogP contribution in [0.25, 0.3) is 0 Å². The van der Waals surface area contributed by atoms with Crippen molar-refractivity contribution in [3.8, 4) is 0 Å². The Bertz CT molecular complexity index is 793. The van der Waals surface area contributed by atoms with Gasteiger partial charge in [0, 0.05) is 19.0 Å². The topological polar surface area (TPSA) is 32.3 Å². The molecule has 4 rings (SSSR count). The third-order valence-electron chi connectivity index (χ3n) is 6.80. The molecule has 2 aromatic carbocycles. The van der Waals surface area contributed by atoms with E-state index in [1.54, 1.807) is 0 Å². The molecule has 1 aliphatic heterocycles. The summed E-state index contributed by atoms with van der Waals surface area (Å²) in [6.45, 7) is 6.26. The molecule has 1 N–H and O–H groups in total. The van der Waals surface area contributed by atoms with E-state index in [2.05, 4.69) is 65.7 Å². The molecule has 2 aromatic rings. The molecule has 1 spiro atoms. The van der Waals surface area contributed by atoms with Gasteiger partial charge in [-0.05, 0) is 74.2 Å². The molecule has 2 aliphatic rings. The van der Waals surface area contributed by atoms with Crippen LogP contribution in [0, 0.1) is 18.3 Å². The third-order valence-corrected chi connectivity index (χ3v) is 6.80. The van der Waals surface area contributed by atoms with Crippen molar-refractivity contribution < 1.29 is 4.79 Å². The van der Waals surface area contributed by atoms with Crippen molar-refractivity contribution in [2.24, 2.45) is 11.3 Å². The van der Waals surface area contributed by atoms with E-state index in [4.69, 9.17) is 0 Å². The third kappa shape index (κ3) is 4.47. The van der Waals surface area contributed by atoms with E-state index in [0.717, 1.165) is 45.4 Å². The Labute approximate surface area is 169 Å². The largest absolute Gasteiger partial charge is 0.356 e. The quantitative estimate of drug-likeness (QED) is 0.729. The van der Waals surface area contributed by atoms with Crippen LogP contribution in [0.5, 0.6) is 0 Å². The minimum absolute atomic E-state index is 0.254. The van der Waals surface area contributed by atoms with E-state index in [1.165, 1.54) is 29.5 Å². The summed E-state index contributed by atoms with van der Waals surface area (Å²) in [5, 5.41) is 3.19. The first kappa shape index (κ1) is 19.2. The van der Waals surface area contributed by atoms with Crippen molar-refractivity contribution in [3.63, 3.8) is 0 Å². The Morgan fingerprint density at radius 1 is 1.07 bits per heavy atom. The number of hydrogen-bond donors (Lipinski definition) is 1. The van der Waals surface area contributed by atoms with Crippen LogP contribution in [0.4, 0.5) is 0 Å². The molecular weight excluding hydrogens is 344 g/mol. The Hall–Kier alpha value is -2.13. The summed E-state index contributed by atoms with van der Waals surface area (Å²) in [6, 6.07) is 19.2. The Morgan fingerprint density at radius 3 is 2.54 bits per heavy atom. The lowest BCUT2D eigenvalue weighted by molar-refractivity contribution is -0.123. The summed E-state index contributed by atoms with van der Waals surface area (Å²) in [5.41, 5.74) is 4.45. The molecule has 2 fully saturated rings. The van der Waals surface area contributed by atoms with Gasteiger partial charge in [0.15, 0.2) is 0 Å². The maximum Gasteiger partial charge on any atom is 0.223 e. The van der Waals surface area contributed by atoms with Gasteiger partial charge < -0.3 is 5.32 Å². The van der Waals surface area contributed by atoms with E-state index < -0.39 is 0 Å². The van der Waals surface area contributed by atoms with E-state index >= 15 is 0 Å². The zero-order valence-corrected chi connectivity index (χ0v) is 17.0. The predicted octanol–water partition coefficient (Wildman–Crippen LogP) is 4.35. The van der Waals surface area contributed by atoms with Crippen LogP contribution < -0.4 is 5.32 Å². The molecule has 0 radical (unpaired) electrons. The van der Waals surface area contributed by atoms with Crippen LogP contribution in [-0.2, 0) is 17.8 Å². The van der Waals surface area contributed by atoms with Crippen LogP contribution in [0.1, 0.15) is 42.4 Å². The van der Waals surface area contributed by atoms with E-state index in [0.29, 0.717) is 11.3 Å². The lowest BCUT2D eigenvalue weighted by atomic mass is 9.90. The van der Waals surface area contributed by atoms with E-state index in [1.807, 2.05) is 6.07 Å². The van der Waals surface area contributed by atoms with Gasteiger partial charge in [0.2, 0.25) is 5.91 Å². The van der Waals surface area contributed by atoms with Gasteiger partial charge in [-0.2, -0.15) is 0 Å². The summed E-state index contributed by atoms with van der Waals surface area (Å²) in [4.78, 5) is 15.1. The van der Waals surface area contributed by atoms with E-state index in [-0.39, 0.29) is 5.92 Å². The maximum absolute atomic E-state index is 12.6. The first-order valence-electron chi connectivity index (χ1n) is 10.7. The number of benzene rings is 2. The van der Waals surface area contributed by atoms with Crippen LogP contribution in [0.2, 0.25) is 0 Å². The molecule has 3 nitrogen and oxygen atoms in total. The van der Waals surface area contributed by atoms with Crippen molar-refractivity contribution in [1.82, 2.24) is 10.2 Å². The number of nitrogens with one attached hydrogen (secondary N) is 1. The van der Waals surface area contributed by atoms with Gasteiger partial charge in [-0.1, -0.05) is 54.6 Å². The van der Waals surface area contributed by atoms with Gasteiger partial charge in [-0.3, -0.25) is 9.69 Å². The highest BCUT2D eigenvalue weighted by atomic mass is 16.2. The number of carbonyl (C=O) groups excluding carboxylic acids is 1. The molecule has 1 heterocycles. The first-order chi connectivity index (χ1) is 13.7. The van der Waals surface area contributed by atoms with Crippen LogP contribution >= 0.6 is 0 Å². The Kier molecular flexibility index (Phi) is 5.82. The number of hydrogen-bond acceptors (Lipinski definition) is 2. The summed E-state index contributed by atoms with van der Waals surface area (Å²) < 4.78 is 0. The fourth-order valence-corrected chi connectivity index (χ4v) is 4.73. The average molecular weight is 377 g/mol. The van der Waals surface area contributed by atoms with Gasteiger partial charge in [0.25, 0.3) is 0 Å². The number of piperidine rings is 1. The van der Waals surface area contributed by atoms with Gasteiger partial charge in [0.05, 0.1) is 0 Å². The lowest BCUT2D eigenvalue weighted by Crippen LogP contribution is -2.37. The molecule has 1 atom stereocenters. The van der Waals surface area contributed by atoms with Gasteiger partial charge in [0.1, 0.15) is 0 Å². The molecule has 148 valence electrons. The van der Waals surface area contributed by atoms with E-state index in [9.17, 15) is 4.79 Å². The first-order valence-corrected chi connectivity index (χ1v) is 10.7. The van der Waals surface area contributed by atoms with Gasteiger partial charge in [-0.25, -0.2) is 0 Å². The number of aryl methyl sites for hydroxylation is 2. The Balaban J connectivity index is 1.18. The minimum atomic E-state index is 0.254. The lowest BCUT2D eigenvalue weighted by Gasteiger charge is -2.33. The summed E-state index contributed by atoms with van der Waals surface area (Å²) >= 11 is 0. The van der Waals surface area contributed by atoms with Crippen LogP contribution in [0.3, 0.4) is 0 Å². The standard InChI is InChI=1S/C25H32N2O/c1-20-8-5-6-12-22(20)19-27-16-13-25(14-17-27)18-23(25)24(28)26-15-7-11-21-9-3-2-4-10-21/h2-6,8-10,12,23H,7,11,13-19H2,1H3,(H,26,28). The highest BCUT2D eigenvalue weighted by Gasteiger charge is 2.58. The number of amides is 1. The molecule has 28 heavy (non-hydrogen) atoms. The second-order valence-corrected chi connectivity index (χ2v) is 8.70. The summed E-state index contributed by atoms with van der Waals surface area (Å²) in [6.07, 6.45) is 5.47. The van der Waals surface area contributed by atoms with Gasteiger partial charge >= 0.3 is 0 Å². The molecule has 1 saturated heterocycles. The molecule has 1 amide bonds.